The van der Waals surface area contributed by atoms with Gasteiger partial charge >= 0.3 is 0 Å². The summed E-state index contributed by atoms with van der Waals surface area (Å²) < 4.78 is 0. The van der Waals surface area contributed by atoms with Crippen molar-refractivity contribution in [2.75, 3.05) is 7.05 Å². The Morgan fingerprint density at radius 1 is 1.33 bits per heavy atom. The van der Waals surface area contributed by atoms with Crippen molar-refractivity contribution >= 4 is 21.8 Å². The molecule has 1 amide bonds. The molecule has 0 saturated carbocycles. The topological polar surface area (TPSA) is 20.3 Å². The lowest BCUT2D eigenvalue weighted by Gasteiger charge is -2.23. The fourth-order valence-electron chi connectivity index (χ4n) is 1.85. The van der Waals surface area contributed by atoms with E-state index in [1.54, 1.807) is 4.90 Å². The van der Waals surface area contributed by atoms with Crippen molar-refractivity contribution in [3.05, 3.63) is 34.9 Å². The first-order valence-electron chi connectivity index (χ1n) is 6.28. The molecule has 18 heavy (non-hydrogen) atoms. The molecule has 0 radical (unpaired) electrons. The molecule has 0 fully saturated rings. The molecule has 1 aromatic rings. The van der Waals surface area contributed by atoms with Gasteiger partial charge in [-0.05, 0) is 30.9 Å². The zero-order chi connectivity index (χ0) is 13.9. The number of aryl methyl sites for hydroxylation is 2. The lowest BCUT2D eigenvalue weighted by atomic mass is 10.0. The maximum absolute atomic E-state index is 12.1. The van der Waals surface area contributed by atoms with E-state index in [4.69, 9.17) is 0 Å². The monoisotopic (exact) mass is 311 g/mol. The Bertz CT molecular complexity index is 429. The smallest absolute Gasteiger partial charge is 0.236 e. The average molecular weight is 312 g/mol. The maximum Gasteiger partial charge on any atom is 0.236 e. The SMILES string of the molecule is Cc1ccc(CN(C)C(=O)C(Br)C(C)C)c(C)c1. The van der Waals surface area contributed by atoms with E-state index in [0.29, 0.717) is 12.5 Å². The van der Waals surface area contributed by atoms with Gasteiger partial charge in [-0.15, -0.1) is 0 Å². The molecule has 2 nitrogen and oxygen atoms in total. The number of carbonyl (C=O) groups excluding carboxylic acids is 1. The Morgan fingerprint density at radius 2 is 1.94 bits per heavy atom. The Hall–Kier alpha value is -0.830. The zero-order valence-electron chi connectivity index (χ0n) is 11.8. The van der Waals surface area contributed by atoms with E-state index in [2.05, 4.69) is 48.0 Å². The second-order valence-corrected chi connectivity index (χ2v) is 6.26. The molecular weight excluding hydrogens is 290 g/mol. The highest BCUT2D eigenvalue weighted by Crippen LogP contribution is 2.17. The van der Waals surface area contributed by atoms with E-state index < -0.39 is 0 Å². The van der Waals surface area contributed by atoms with Gasteiger partial charge in [0.05, 0.1) is 4.83 Å². The summed E-state index contributed by atoms with van der Waals surface area (Å²) in [5, 5.41) is 0. The predicted molar refractivity (Wildman–Crippen MR) is 79.9 cm³/mol. The van der Waals surface area contributed by atoms with Gasteiger partial charge in [-0.2, -0.15) is 0 Å². The lowest BCUT2D eigenvalue weighted by molar-refractivity contribution is -0.130. The maximum atomic E-state index is 12.1. The first-order valence-corrected chi connectivity index (χ1v) is 7.19. The molecule has 100 valence electrons. The minimum Gasteiger partial charge on any atom is -0.340 e. The van der Waals surface area contributed by atoms with Crippen molar-refractivity contribution in [1.82, 2.24) is 4.90 Å². The van der Waals surface area contributed by atoms with Crippen molar-refractivity contribution in [2.45, 2.75) is 39.1 Å². The first kappa shape index (κ1) is 15.2. The predicted octanol–water partition coefficient (Wildman–Crippen LogP) is 3.68. The largest absolute Gasteiger partial charge is 0.340 e. The highest BCUT2D eigenvalue weighted by molar-refractivity contribution is 9.10. The standard InChI is InChI=1S/C15H22BrNO/c1-10(2)14(16)15(18)17(5)9-13-7-6-11(3)8-12(13)4/h6-8,10,14H,9H2,1-5H3. The van der Waals surface area contributed by atoms with E-state index in [1.165, 1.54) is 16.7 Å². The van der Waals surface area contributed by atoms with Gasteiger partial charge in [0.2, 0.25) is 5.91 Å². The number of amides is 1. The van der Waals surface area contributed by atoms with Gasteiger partial charge in [-0.3, -0.25) is 4.79 Å². The van der Waals surface area contributed by atoms with Crippen LogP contribution in [0.1, 0.15) is 30.5 Å². The second-order valence-electron chi connectivity index (χ2n) is 5.27. The molecule has 0 heterocycles. The number of halogens is 1. The minimum atomic E-state index is -0.103. The third kappa shape index (κ3) is 3.84. The van der Waals surface area contributed by atoms with Crippen molar-refractivity contribution < 1.29 is 4.79 Å². The highest BCUT2D eigenvalue weighted by atomic mass is 79.9. The van der Waals surface area contributed by atoms with Gasteiger partial charge in [0.15, 0.2) is 0 Å². The Balaban J connectivity index is 2.75. The van der Waals surface area contributed by atoms with Crippen LogP contribution in [0.25, 0.3) is 0 Å². The lowest BCUT2D eigenvalue weighted by Crippen LogP contribution is -2.35. The summed E-state index contributed by atoms with van der Waals surface area (Å²) in [6.45, 7) is 8.93. The number of alkyl halides is 1. The Labute approximate surface area is 119 Å². The minimum absolute atomic E-state index is 0.103. The van der Waals surface area contributed by atoms with Crippen LogP contribution in [0.15, 0.2) is 18.2 Å². The highest BCUT2D eigenvalue weighted by Gasteiger charge is 2.22. The summed E-state index contributed by atoms with van der Waals surface area (Å²) in [4.78, 5) is 13.8. The van der Waals surface area contributed by atoms with Crippen LogP contribution in [0.2, 0.25) is 0 Å². The van der Waals surface area contributed by atoms with Crippen molar-refractivity contribution in [3.8, 4) is 0 Å². The number of rotatable bonds is 4. The third-order valence-electron chi connectivity index (χ3n) is 3.10. The number of hydrogen-bond donors (Lipinski definition) is 0. The molecule has 0 aliphatic carbocycles. The molecule has 0 bridgehead atoms. The summed E-state index contributed by atoms with van der Waals surface area (Å²) in [6.07, 6.45) is 0. The third-order valence-corrected chi connectivity index (χ3v) is 4.55. The average Bonchev–Trinajstić information content (AvgIpc) is 2.30. The molecule has 1 atom stereocenters. The van der Waals surface area contributed by atoms with Crippen molar-refractivity contribution in [1.29, 1.82) is 0 Å². The van der Waals surface area contributed by atoms with E-state index in [1.807, 2.05) is 20.9 Å². The molecule has 0 N–H and O–H groups in total. The fourth-order valence-corrected chi connectivity index (χ4v) is 2.20. The van der Waals surface area contributed by atoms with Crippen molar-refractivity contribution in [2.24, 2.45) is 5.92 Å². The summed E-state index contributed by atoms with van der Waals surface area (Å²) in [7, 11) is 1.86. The normalized spacial score (nSPS) is 12.6. The molecule has 1 rings (SSSR count). The van der Waals surface area contributed by atoms with Crippen LogP contribution in [0.5, 0.6) is 0 Å². The first-order chi connectivity index (χ1) is 8.32. The van der Waals surface area contributed by atoms with Crippen LogP contribution < -0.4 is 0 Å². The molecule has 0 spiro atoms. The van der Waals surface area contributed by atoms with E-state index >= 15 is 0 Å². The summed E-state index contributed by atoms with van der Waals surface area (Å²) in [5.41, 5.74) is 3.70. The molecular formula is C15H22BrNO. The number of benzene rings is 1. The van der Waals surface area contributed by atoms with Crippen molar-refractivity contribution in [3.63, 3.8) is 0 Å². The van der Waals surface area contributed by atoms with Crippen LogP contribution >= 0.6 is 15.9 Å². The van der Waals surface area contributed by atoms with Gasteiger partial charge in [-0.1, -0.05) is 53.5 Å². The van der Waals surface area contributed by atoms with Gasteiger partial charge < -0.3 is 4.90 Å². The summed E-state index contributed by atoms with van der Waals surface area (Å²) in [6, 6.07) is 6.35. The van der Waals surface area contributed by atoms with Crippen LogP contribution in [-0.4, -0.2) is 22.7 Å². The Kier molecular flexibility index (Phi) is 5.39. The van der Waals surface area contributed by atoms with Gasteiger partial charge in [0, 0.05) is 13.6 Å². The van der Waals surface area contributed by atoms with E-state index in [0.717, 1.165) is 0 Å². The fraction of sp³-hybridized carbons (Fsp3) is 0.533. The Morgan fingerprint density at radius 3 is 2.44 bits per heavy atom. The van der Waals surface area contributed by atoms with Crippen LogP contribution in [0.3, 0.4) is 0 Å². The van der Waals surface area contributed by atoms with Crippen LogP contribution in [0, 0.1) is 19.8 Å². The number of nitrogens with zero attached hydrogens (tertiary/aromatic N) is 1. The second kappa shape index (κ2) is 6.37. The van der Waals surface area contributed by atoms with E-state index in [-0.39, 0.29) is 10.7 Å². The molecule has 0 aromatic heterocycles. The summed E-state index contributed by atoms with van der Waals surface area (Å²) in [5.74, 6) is 0.448. The van der Waals surface area contributed by atoms with Gasteiger partial charge in [-0.25, -0.2) is 0 Å². The number of carbonyl (C=O) groups is 1. The molecule has 1 unspecified atom stereocenters. The van der Waals surface area contributed by atoms with Crippen LogP contribution in [0.4, 0.5) is 0 Å². The summed E-state index contributed by atoms with van der Waals surface area (Å²) >= 11 is 3.46. The molecule has 1 aromatic carbocycles. The molecule has 3 heteroatoms. The molecule has 0 aliphatic rings. The molecule has 0 saturated heterocycles. The zero-order valence-corrected chi connectivity index (χ0v) is 13.4. The van der Waals surface area contributed by atoms with Gasteiger partial charge in [0.1, 0.15) is 0 Å². The van der Waals surface area contributed by atoms with Gasteiger partial charge in [0.25, 0.3) is 0 Å². The van der Waals surface area contributed by atoms with Crippen LogP contribution in [-0.2, 0) is 11.3 Å². The number of hydrogen-bond acceptors (Lipinski definition) is 1. The van der Waals surface area contributed by atoms with E-state index in [9.17, 15) is 4.79 Å². The quantitative estimate of drug-likeness (QED) is 0.777. The molecule has 0 aliphatic heterocycles.